The average molecular weight is 290 g/mol. The van der Waals surface area contributed by atoms with Crippen molar-refractivity contribution < 1.29 is 29.2 Å². The molecule has 6 heteroatoms. The first-order valence-electron chi connectivity index (χ1n) is 7.38. The Labute approximate surface area is 120 Å². The van der Waals surface area contributed by atoms with E-state index in [1.165, 1.54) is 0 Å². The molecule has 0 amide bonds. The smallest absolute Gasteiger partial charge is 0.190 e. The third-order valence-electron chi connectivity index (χ3n) is 3.61. The van der Waals surface area contributed by atoms with Crippen LogP contribution in [0.2, 0.25) is 0 Å². The Kier molecular flexibility index (Phi) is 5.39. The van der Waals surface area contributed by atoms with E-state index in [2.05, 4.69) is 6.92 Å². The van der Waals surface area contributed by atoms with Gasteiger partial charge in [0.25, 0.3) is 0 Å². The lowest BCUT2D eigenvalue weighted by atomic mass is 10.0. The van der Waals surface area contributed by atoms with Crippen LogP contribution in [0.25, 0.3) is 0 Å². The van der Waals surface area contributed by atoms with Gasteiger partial charge in [-0.25, -0.2) is 0 Å². The van der Waals surface area contributed by atoms with Crippen LogP contribution in [0.3, 0.4) is 0 Å². The van der Waals surface area contributed by atoms with Crippen LogP contribution in [0.15, 0.2) is 0 Å². The summed E-state index contributed by atoms with van der Waals surface area (Å²) in [4.78, 5) is 0. The van der Waals surface area contributed by atoms with Gasteiger partial charge >= 0.3 is 0 Å². The monoisotopic (exact) mass is 290 g/mol. The molecule has 118 valence electrons. The highest BCUT2D eigenvalue weighted by Gasteiger charge is 2.55. The zero-order valence-electron chi connectivity index (χ0n) is 12.4. The number of hydrogen-bond acceptors (Lipinski definition) is 6. The number of fused-ring (bicyclic) bond motifs is 1. The maximum atomic E-state index is 9.61. The van der Waals surface area contributed by atoms with Gasteiger partial charge in [0.2, 0.25) is 0 Å². The molecule has 0 aromatic carbocycles. The Morgan fingerprint density at radius 3 is 2.70 bits per heavy atom. The third kappa shape index (κ3) is 3.69. The van der Waals surface area contributed by atoms with Gasteiger partial charge in [0.15, 0.2) is 12.1 Å². The van der Waals surface area contributed by atoms with E-state index in [-0.39, 0.29) is 24.9 Å². The summed E-state index contributed by atoms with van der Waals surface area (Å²) >= 11 is 0. The van der Waals surface area contributed by atoms with Crippen LogP contribution in [0.4, 0.5) is 0 Å². The highest BCUT2D eigenvalue weighted by Crippen LogP contribution is 2.39. The fraction of sp³-hybridized carbons (Fsp3) is 1.00. The van der Waals surface area contributed by atoms with Crippen LogP contribution >= 0.6 is 0 Å². The predicted octanol–water partition coefficient (Wildman–Crippen LogP) is 0.791. The lowest BCUT2D eigenvalue weighted by molar-refractivity contribution is -0.221. The molecule has 2 fully saturated rings. The Balaban J connectivity index is 1.98. The number of aliphatic hydroxyl groups is 2. The van der Waals surface area contributed by atoms with Crippen molar-refractivity contribution in [3.63, 3.8) is 0 Å². The summed E-state index contributed by atoms with van der Waals surface area (Å²) < 4.78 is 23.2. The standard InChI is InChI=1S/C14H26O6/c1-4-5-6-17-11-10(7-9(16)8-15)18-13-12(11)19-14(2,3)20-13/h9-13,15-16H,4-8H2,1-3H3/t9?,10-,11+,12-,13?/m1/s1. The number of ether oxygens (including phenoxy) is 4. The fourth-order valence-electron chi connectivity index (χ4n) is 2.64. The first kappa shape index (κ1) is 16.1. The van der Waals surface area contributed by atoms with E-state index < -0.39 is 18.2 Å². The summed E-state index contributed by atoms with van der Waals surface area (Å²) in [6.07, 6.45) is 0.180. The van der Waals surface area contributed by atoms with Gasteiger partial charge in [-0.3, -0.25) is 0 Å². The van der Waals surface area contributed by atoms with Gasteiger partial charge in [-0.15, -0.1) is 0 Å². The molecular weight excluding hydrogens is 264 g/mol. The summed E-state index contributed by atoms with van der Waals surface area (Å²) in [5.74, 6) is -0.678. The largest absolute Gasteiger partial charge is 0.394 e. The topological polar surface area (TPSA) is 77.4 Å². The first-order chi connectivity index (χ1) is 9.46. The second kappa shape index (κ2) is 6.68. The summed E-state index contributed by atoms with van der Waals surface area (Å²) in [6.45, 7) is 6.13. The second-order valence-corrected chi connectivity index (χ2v) is 5.90. The van der Waals surface area contributed by atoms with Crippen LogP contribution in [-0.4, -0.2) is 59.9 Å². The molecule has 0 spiro atoms. The molecular formula is C14H26O6. The summed E-state index contributed by atoms with van der Waals surface area (Å²) in [5.41, 5.74) is 0. The van der Waals surface area contributed by atoms with Gasteiger partial charge < -0.3 is 29.2 Å². The Morgan fingerprint density at radius 2 is 2.05 bits per heavy atom. The van der Waals surface area contributed by atoms with E-state index in [4.69, 9.17) is 24.1 Å². The minimum absolute atomic E-state index is 0.269. The third-order valence-corrected chi connectivity index (χ3v) is 3.61. The molecule has 2 rings (SSSR count). The van der Waals surface area contributed by atoms with Gasteiger partial charge in [0.05, 0.1) is 18.8 Å². The van der Waals surface area contributed by atoms with Crippen LogP contribution in [0.1, 0.15) is 40.0 Å². The molecule has 2 aliphatic rings. The van der Waals surface area contributed by atoms with Crippen LogP contribution in [0, 0.1) is 0 Å². The van der Waals surface area contributed by atoms with Gasteiger partial charge in [-0.2, -0.15) is 0 Å². The van der Waals surface area contributed by atoms with E-state index in [1.54, 1.807) is 0 Å². The Morgan fingerprint density at radius 1 is 1.30 bits per heavy atom. The summed E-state index contributed by atoms with van der Waals surface area (Å²) in [7, 11) is 0. The minimum atomic E-state index is -0.816. The van der Waals surface area contributed by atoms with E-state index in [0.29, 0.717) is 13.0 Å². The number of aliphatic hydroxyl groups excluding tert-OH is 2. The zero-order valence-corrected chi connectivity index (χ0v) is 12.4. The van der Waals surface area contributed by atoms with Crippen molar-refractivity contribution in [3.8, 4) is 0 Å². The van der Waals surface area contributed by atoms with E-state index in [0.717, 1.165) is 12.8 Å². The quantitative estimate of drug-likeness (QED) is 0.675. The van der Waals surface area contributed by atoms with Gasteiger partial charge in [0.1, 0.15) is 12.2 Å². The van der Waals surface area contributed by atoms with Crippen LogP contribution < -0.4 is 0 Å². The molecule has 2 unspecified atom stereocenters. The maximum Gasteiger partial charge on any atom is 0.190 e. The predicted molar refractivity (Wildman–Crippen MR) is 71.1 cm³/mol. The molecule has 0 bridgehead atoms. The van der Waals surface area contributed by atoms with Crippen molar-refractivity contribution in [2.45, 2.75) is 76.5 Å². The van der Waals surface area contributed by atoms with Gasteiger partial charge in [-0.05, 0) is 20.3 Å². The van der Waals surface area contributed by atoms with Crippen LogP contribution in [-0.2, 0) is 18.9 Å². The molecule has 2 saturated heterocycles. The number of hydrogen-bond donors (Lipinski definition) is 2. The molecule has 0 aliphatic carbocycles. The lowest BCUT2D eigenvalue weighted by Crippen LogP contribution is -2.39. The maximum absolute atomic E-state index is 9.61. The molecule has 5 atom stereocenters. The fourth-order valence-corrected chi connectivity index (χ4v) is 2.64. The van der Waals surface area contributed by atoms with Gasteiger partial charge in [-0.1, -0.05) is 13.3 Å². The summed E-state index contributed by atoms with van der Waals surface area (Å²) in [6, 6.07) is 0. The first-order valence-corrected chi connectivity index (χ1v) is 7.38. The van der Waals surface area contributed by atoms with Crippen molar-refractivity contribution >= 4 is 0 Å². The number of unbranched alkanes of at least 4 members (excludes halogenated alkanes) is 1. The number of rotatable bonds is 7. The molecule has 0 aromatic rings. The molecule has 0 radical (unpaired) electrons. The molecule has 0 saturated carbocycles. The lowest BCUT2D eigenvalue weighted by Gasteiger charge is -2.26. The van der Waals surface area contributed by atoms with Crippen molar-refractivity contribution in [1.82, 2.24) is 0 Å². The molecule has 6 nitrogen and oxygen atoms in total. The second-order valence-electron chi connectivity index (χ2n) is 5.90. The van der Waals surface area contributed by atoms with E-state index in [1.807, 2.05) is 13.8 Å². The van der Waals surface area contributed by atoms with E-state index in [9.17, 15) is 5.11 Å². The molecule has 0 aromatic heterocycles. The molecule has 2 N–H and O–H groups in total. The average Bonchev–Trinajstić information content (AvgIpc) is 2.82. The highest BCUT2D eigenvalue weighted by molar-refractivity contribution is 4.94. The molecule has 20 heavy (non-hydrogen) atoms. The van der Waals surface area contributed by atoms with Crippen LogP contribution in [0.5, 0.6) is 0 Å². The Hall–Kier alpha value is -0.240. The SMILES string of the molecule is CCCCO[C@H]1[C@@H](CC(O)CO)OC2OC(C)(C)O[C@@H]21. The highest BCUT2D eigenvalue weighted by atomic mass is 16.8. The normalized spacial score (nSPS) is 37.0. The molecule has 2 heterocycles. The van der Waals surface area contributed by atoms with Crippen molar-refractivity contribution in [2.24, 2.45) is 0 Å². The minimum Gasteiger partial charge on any atom is -0.394 e. The summed E-state index contributed by atoms with van der Waals surface area (Å²) in [5, 5.41) is 18.6. The molecule has 2 aliphatic heterocycles. The van der Waals surface area contributed by atoms with Crippen molar-refractivity contribution in [1.29, 1.82) is 0 Å². The van der Waals surface area contributed by atoms with Crippen molar-refractivity contribution in [3.05, 3.63) is 0 Å². The Bertz CT molecular complexity index is 308. The van der Waals surface area contributed by atoms with Gasteiger partial charge in [0, 0.05) is 13.0 Å². The van der Waals surface area contributed by atoms with Crippen molar-refractivity contribution in [2.75, 3.05) is 13.2 Å². The zero-order chi connectivity index (χ0) is 14.8. The van der Waals surface area contributed by atoms with E-state index >= 15 is 0 Å².